The molecule has 0 aliphatic carbocycles. The largest absolute Gasteiger partial charge is 0.373 e. The van der Waals surface area contributed by atoms with E-state index in [4.69, 9.17) is 4.74 Å². The summed E-state index contributed by atoms with van der Waals surface area (Å²) >= 11 is 1.86. The first-order chi connectivity index (χ1) is 5.42. The van der Waals surface area contributed by atoms with E-state index in [9.17, 15) is 0 Å². The Morgan fingerprint density at radius 2 is 2.64 bits per heavy atom. The van der Waals surface area contributed by atoms with Crippen LogP contribution in [0.4, 0.5) is 0 Å². The molecule has 0 aromatic carbocycles. The number of hydrogen-bond donors (Lipinski definition) is 0. The predicted molar refractivity (Wildman–Crippen MR) is 47.0 cm³/mol. The summed E-state index contributed by atoms with van der Waals surface area (Å²) in [5.74, 6) is 0. The molecule has 1 aromatic heterocycles. The first-order valence-corrected chi connectivity index (χ1v) is 4.97. The van der Waals surface area contributed by atoms with Gasteiger partial charge in [-0.15, -0.1) is 11.3 Å². The van der Waals surface area contributed by atoms with E-state index in [0.29, 0.717) is 6.10 Å². The van der Waals surface area contributed by atoms with Gasteiger partial charge in [-0.05, 0) is 23.4 Å². The fourth-order valence-corrected chi connectivity index (χ4v) is 2.48. The van der Waals surface area contributed by atoms with Crippen molar-refractivity contribution in [3.8, 4) is 0 Å². The molecule has 2 heteroatoms. The lowest BCUT2D eigenvalue weighted by atomic mass is 10.1. The lowest BCUT2D eigenvalue weighted by Gasteiger charge is -2.21. The molecule has 0 unspecified atom stereocenters. The predicted octanol–water partition coefficient (Wildman–Crippen LogP) is 2.77. The average Bonchev–Trinajstić information content (AvgIpc) is 2.50. The lowest BCUT2D eigenvalue weighted by molar-refractivity contribution is 0.0412. The first-order valence-electron chi connectivity index (χ1n) is 4.09. The molecule has 1 aliphatic heterocycles. The third kappa shape index (κ3) is 1.21. The van der Waals surface area contributed by atoms with Crippen LogP contribution in [0.25, 0.3) is 0 Å². The summed E-state index contributed by atoms with van der Waals surface area (Å²) < 4.78 is 5.62. The summed E-state index contributed by atoms with van der Waals surface area (Å²) in [5.41, 5.74) is 1.43. The highest BCUT2D eigenvalue weighted by molar-refractivity contribution is 7.10. The normalized spacial score (nSPS) is 23.2. The summed E-state index contributed by atoms with van der Waals surface area (Å²) in [6, 6.07) is 2.20. The van der Waals surface area contributed by atoms with E-state index in [1.165, 1.54) is 10.4 Å². The van der Waals surface area contributed by atoms with Crippen LogP contribution in [0.15, 0.2) is 11.4 Å². The third-order valence-electron chi connectivity index (χ3n) is 2.15. The van der Waals surface area contributed by atoms with Crippen molar-refractivity contribution in [3.05, 3.63) is 21.9 Å². The van der Waals surface area contributed by atoms with Gasteiger partial charge in [-0.3, -0.25) is 0 Å². The Hall–Kier alpha value is -0.340. The van der Waals surface area contributed by atoms with Crippen LogP contribution in [0.2, 0.25) is 0 Å². The van der Waals surface area contributed by atoms with Gasteiger partial charge >= 0.3 is 0 Å². The minimum absolute atomic E-state index is 0.380. The molecule has 2 rings (SSSR count). The molecule has 0 amide bonds. The molecule has 0 saturated heterocycles. The average molecular weight is 168 g/mol. The Bertz CT molecular complexity index is 241. The second-order valence-corrected chi connectivity index (χ2v) is 3.82. The molecule has 0 spiro atoms. The highest BCUT2D eigenvalue weighted by Gasteiger charge is 2.19. The molecule has 1 aliphatic rings. The van der Waals surface area contributed by atoms with Crippen molar-refractivity contribution in [2.75, 3.05) is 6.61 Å². The SMILES string of the molecule is CC[C@@H]1OCCc2sccc21. The van der Waals surface area contributed by atoms with E-state index < -0.39 is 0 Å². The maximum absolute atomic E-state index is 5.62. The van der Waals surface area contributed by atoms with Gasteiger partial charge in [0.2, 0.25) is 0 Å². The van der Waals surface area contributed by atoms with Gasteiger partial charge in [-0.1, -0.05) is 6.92 Å². The Morgan fingerprint density at radius 3 is 3.45 bits per heavy atom. The fourth-order valence-electron chi connectivity index (χ4n) is 1.56. The standard InChI is InChI=1S/C9H12OS/c1-2-8-7-4-6-11-9(7)3-5-10-8/h4,6,8H,2-3,5H2,1H3/t8-/m0/s1. The van der Waals surface area contributed by atoms with Crippen molar-refractivity contribution in [2.45, 2.75) is 25.9 Å². The smallest absolute Gasteiger partial charge is 0.0833 e. The third-order valence-corrected chi connectivity index (χ3v) is 3.14. The maximum atomic E-state index is 5.62. The van der Waals surface area contributed by atoms with Gasteiger partial charge < -0.3 is 4.74 Å². The zero-order valence-corrected chi connectivity index (χ0v) is 7.49. The molecule has 2 heterocycles. The summed E-state index contributed by atoms with van der Waals surface area (Å²) in [6.45, 7) is 3.09. The minimum atomic E-state index is 0.380. The van der Waals surface area contributed by atoms with Crippen LogP contribution in [0.1, 0.15) is 29.9 Å². The van der Waals surface area contributed by atoms with Gasteiger partial charge in [0.15, 0.2) is 0 Å². The van der Waals surface area contributed by atoms with Gasteiger partial charge in [0.1, 0.15) is 0 Å². The molecule has 1 nitrogen and oxygen atoms in total. The molecule has 0 bridgehead atoms. The lowest BCUT2D eigenvalue weighted by Crippen LogP contribution is -2.12. The topological polar surface area (TPSA) is 9.23 Å². The van der Waals surface area contributed by atoms with Crippen LogP contribution in [0, 0.1) is 0 Å². The summed E-state index contributed by atoms with van der Waals surface area (Å²) in [5, 5.41) is 2.17. The Kier molecular flexibility index (Phi) is 1.96. The number of ether oxygens (including phenoxy) is 1. The minimum Gasteiger partial charge on any atom is -0.373 e. The van der Waals surface area contributed by atoms with Crippen molar-refractivity contribution < 1.29 is 4.74 Å². The van der Waals surface area contributed by atoms with E-state index in [0.717, 1.165) is 19.4 Å². The second kappa shape index (κ2) is 2.95. The second-order valence-electron chi connectivity index (χ2n) is 2.82. The van der Waals surface area contributed by atoms with Gasteiger partial charge in [0.05, 0.1) is 12.7 Å². The summed E-state index contributed by atoms with van der Waals surface area (Å²) in [4.78, 5) is 1.53. The summed E-state index contributed by atoms with van der Waals surface area (Å²) in [7, 11) is 0. The molecule has 0 fully saturated rings. The first kappa shape index (κ1) is 7.32. The quantitative estimate of drug-likeness (QED) is 0.626. The molecule has 0 saturated carbocycles. The Morgan fingerprint density at radius 1 is 1.73 bits per heavy atom. The molecule has 0 radical (unpaired) electrons. The van der Waals surface area contributed by atoms with E-state index >= 15 is 0 Å². The molecule has 1 aromatic rings. The zero-order chi connectivity index (χ0) is 7.68. The maximum Gasteiger partial charge on any atom is 0.0833 e. The zero-order valence-electron chi connectivity index (χ0n) is 6.67. The number of hydrogen-bond acceptors (Lipinski definition) is 2. The number of rotatable bonds is 1. The van der Waals surface area contributed by atoms with E-state index in [1.54, 1.807) is 0 Å². The molecular weight excluding hydrogens is 156 g/mol. The number of thiophene rings is 1. The Balaban J connectivity index is 2.32. The van der Waals surface area contributed by atoms with E-state index in [2.05, 4.69) is 18.4 Å². The van der Waals surface area contributed by atoms with Gasteiger partial charge in [0.25, 0.3) is 0 Å². The van der Waals surface area contributed by atoms with Crippen LogP contribution in [0.5, 0.6) is 0 Å². The molecule has 60 valence electrons. The Labute approximate surface area is 71.0 Å². The number of fused-ring (bicyclic) bond motifs is 1. The molecule has 11 heavy (non-hydrogen) atoms. The van der Waals surface area contributed by atoms with E-state index in [1.807, 2.05) is 11.3 Å². The highest BCUT2D eigenvalue weighted by Crippen LogP contribution is 2.32. The molecular formula is C9H12OS. The van der Waals surface area contributed by atoms with Crippen LogP contribution in [-0.4, -0.2) is 6.61 Å². The van der Waals surface area contributed by atoms with Gasteiger partial charge in [0, 0.05) is 11.3 Å². The van der Waals surface area contributed by atoms with Gasteiger partial charge in [-0.25, -0.2) is 0 Å². The monoisotopic (exact) mass is 168 g/mol. The van der Waals surface area contributed by atoms with Crippen LogP contribution in [-0.2, 0) is 11.2 Å². The molecule has 0 N–H and O–H groups in total. The molecule has 1 atom stereocenters. The van der Waals surface area contributed by atoms with Crippen molar-refractivity contribution in [1.29, 1.82) is 0 Å². The fraction of sp³-hybridized carbons (Fsp3) is 0.556. The van der Waals surface area contributed by atoms with Crippen molar-refractivity contribution >= 4 is 11.3 Å². The van der Waals surface area contributed by atoms with Crippen LogP contribution in [0.3, 0.4) is 0 Å². The van der Waals surface area contributed by atoms with Crippen LogP contribution < -0.4 is 0 Å². The van der Waals surface area contributed by atoms with Crippen molar-refractivity contribution in [2.24, 2.45) is 0 Å². The highest BCUT2D eigenvalue weighted by atomic mass is 32.1. The van der Waals surface area contributed by atoms with Crippen LogP contribution >= 0.6 is 11.3 Å². The summed E-state index contributed by atoms with van der Waals surface area (Å²) in [6.07, 6.45) is 2.60. The van der Waals surface area contributed by atoms with Crippen molar-refractivity contribution in [3.63, 3.8) is 0 Å². The van der Waals surface area contributed by atoms with E-state index in [-0.39, 0.29) is 0 Å². The van der Waals surface area contributed by atoms with Gasteiger partial charge in [-0.2, -0.15) is 0 Å². The van der Waals surface area contributed by atoms with Crippen molar-refractivity contribution in [1.82, 2.24) is 0 Å².